The van der Waals surface area contributed by atoms with Crippen LogP contribution in [0.3, 0.4) is 0 Å². The molecule has 0 saturated carbocycles. The maximum atomic E-state index is 14.1. The largest absolute Gasteiger partial charge is 0.463 e. The summed E-state index contributed by atoms with van der Waals surface area (Å²) >= 11 is 0. The van der Waals surface area contributed by atoms with Crippen LogP contribution in [0.5, 0.6) is 5.75 Å². The molecule has 2 aromatic carbocycles. The Balaban J connectivity index is 2.05. The number of fused-ring (bicyclic) bond motifs is 2. The molecule has 1 aliphatic heterocycles. The van der Waals surface area contributed by atoms with Crippen LogP contribution in [-0.4, -0.2) is 36.0 Å². The van der Waals surface area contributed by atoms with Gasteiger partial charge in [-0.25, -0.2) is 9.59 Å². The van der Waals surface area contributed by atoms with Gasteiger partial charge in [-0.1, -0.05) is 36.4 Å². The maximum absolute atomic E-state index is 14.1. The summed E-state index contributed by atoms with van der Waals surface area (Å²) < 4.78 is 58.7. The van der Waals surface area contributed by atoms with E-state index in [-0.39, 0.29) is 19.0 Å². The highest BCUT2D eigenvalue weighted by molar-refractivity contribution is 5.97. The number of alkyl halides is 3. The molecule has 172 valence electrons. The fraction of sp³-hybridized carbons (Fsp3) is 0.250. The second-order valence-corrected chi connectivity index (χ2v) is 7.20. The quantitative estimate of drug-likeness (QED) is 0.479. The number of halogens is 3. The molecule has 0 fully saturated rings. The molecule has 1 aliphatic rings. The Labute approximate surface area is 187 Å². The van der Waals surface area contributed by atoms with Gasteiger partial charge < -0.3 is 14.2 Å². The second kappa shape index (κ2) is 8.65. The number of carbonyl (C=O) groups is 2. The predicted octanol–water partition coefficient (Wildman–Crippen LogP) is 5.55. The number of rotatable bonds is 4. The lowest BCUT2D eigenvalue weighted by atomic mass is 9.82. The van der Waals surface area contributed by atoms with Gasteiger partial charge in [0.25, 0.3) is 0 Å². The van der Waals surface area contributed by atoms with Crippen LogP contribution in [0.2, 0.25) is 0 Å². The van der Waals surface area contributed by atoms with Gasteiger partial charge in [0.15, 0.2) is 0 Å². The van der Waals surface area contributed by atoms with Crippen molar-refractivity contribution < 1.29 is 37.0 Å². The summed E-state index contributed by atoms with van der Waals surface area (Å²) in [6.45, 7) is 3.15. The van der Waals surface area contributed by atoms with Crippen LogP contribution in [0, 0.1) is 0 Å². The summed E-state index contributed by atoms with van der Waals surface area (Å²) in [5.41, 5.74) is 0.432. The first-order chi connectivity index (χ1) is 15.8. The summed E-state index contributed by atoms with van der Waals surface area (Å²) in [7, 11) is 0. The minimum atomic E-state index is -4.95. The Morgan fingerprint density at radius 2 is 1.64 bits per heavy atom. The van der Waals surface area contributed by atoms with E-state index in [4.69, 9.17) is 14.2 Å². The molecule has 0 N–H and O–H groups in total. The molecule has 33 heavy (non-hydrogen) atoms. The number of para-hydroxylation sites is 2. The van der Waals surface area contributed by atoms with Crippen molar-refractivity contribution in [2.75, 3.05) is 13.2 Å². The number of benzene rings is 2. The molecule has 1 aromatic heterocycles. The molecular formula is C24H20F3NO5. The zero-order valence-electron chi connectivity index (χ0n) is 17.8. The Kier molecular flexibility index (Phi) is 5.88. The Bertz CT molecular complexity index is 1260. The number of nitrogens with zero attached hydrogens (tertiary/aromatic N) is 1. The second-order valence-electron chi connectivity index (χ2n) is 7.20. The van der Waals surface area contributed by atoms with Crippen LogP contribution in [-0.2, 0) is 14.3 Å². The Morgan fingerprint density at radius 3 is 2.33 bits per heavy atom. The van der Waals surface area contributed by atoms with Crippen LogP contribution in [0.15, 0.2) is 66.1 Å². The van der Waals surface area contributed by atoms with Crippen LogP contribution < -0.4 is 4.74 Å². The average Bonchev–Trinajstić information content (AvgIpc) is 3.17. The smallest absolute Gasteiger partial charge is 0.450 e. The van der Waals surface area contributed by atoms with E-state index in [1.165, 1.54) is 23.8 Å². The molecule has 0 radical (unpaired) electrons. The Hall–Kier alpha value is -3.75. The van der Waals surface area contributed by atoms with Crippen LogP contribution >= 0.6 is 0 Å². The first-order valence-corrected chi connectivity index (χ1v) is 10.3. The van der Waals surface area contributed by atoms with Gasteiger partial charge in [-0.15, -0.1) is 0 Å². The molecule has 0 spiro atoms. The molecule has 2 heterocycles. The monoisotopic (exact) mass is 459 g/mol. The van der Waals surface area contributed by atoms with Gasteiger partial charge in [-0.05, 0) is 31.5 Å². The van der Waals surface area contributed by atoms with E-state index in [2.05, 4.69) is 0 Å². The average molecular weight is 459 g/mol. The number of allylic oxidation sites excluding steroid dienone is 1. The van der Waals surface area contributed by atoms with Crippen molar-refractivity contribution in [1.29, 1.82) is 0 Å². The minimum Gasteiger partial charge on any atom is -0.463 e. The van der Waals surface area contributed by atoms with E-state index in [0.717, 1.165) is 0 Å². The van der Waals surface area contributed by atoms with Crippen LogP contribution in [0.25, 0.3) is 10.9 Å². The highest BCUT2D eigenvalue weighted by atomic mass is 19.4. The molecule has 0 amide bonds. The van der Waals surface area contributed by atoms with E-state index in [0.29, 0.717) is 22.0 Å². The third-order valence-corrected chi connectivity index (χ3v) is 5.25. The number of hydrogen-bond donors (Lipinski definition) is 0. The zero-order chi connectivity index (χ0) is 23.8. The minimum absolute atomic E-state index is 0.0316. The van der Waals surface area contributed by atoms with Gasteiger partial charge in [0.05, 0.1) is 30.2 Å². The van der Waals surface area contributed by atoms with E-state index in [1.807, 2.05) is 0 Å². The molecule has 1 unspecified atom stereocenters. The molecule has 0 bridgehead atoms. The van der Waals surface area contributed by atoms with Crippen LogP contribution in [0.4, 0.5) is 18.0 Å². The van der Waals surface area contributed by atoms with Crippen molar-refractivity contribution in [2.24, 2.45) is 0 Å². The summed E-state index contributed by atoms with van der Waals surface area (Å²) in [6.07, 6.45) is -4.23. The fourth-order valence-electron chi connectivity index (χ4n) is 4.00. The van der Waals surface area contributed by atoms with Gasteiger partial charge in [0, 0.05) is 17.1 Å². The lowest BCUT2D eigenvalue weighted by Gasteiger charge is -2.30. The number of carbonyl (C=O) groups excluding carboxylic acids is 2. The topological polar surface area (TPSA) is 66.8 Å². The normalized spacial score (nSPS) is 15.7. The first-order valence-electron chi connectivity index (χ1n) is 10.3. The number of aromatic nitrogens is 1. The van der Waals surface area contributed by atoms with E-state index < -0.39 is 35.5 Å². The van der Waals surface area contributed by atoms with Crippen molar-refractivity contribution in [2.45, 2.75) is 25.9 Å². The number of esters is 1. The fourth-order valence-corrected chi connectivity index (χ4v) is 4.00. The molecular weight excluding hydrogens is 439 g/mol. The molecule has 4 rings (SSSR count). The van der Waals surface area contributed by atoms with Gasteiger partial charge in [0.2, 0.25) is 5.76 Å². The standard InChI is InChI=1S/C24H20F3NO5/c1-3-31-22(29)20-19(15-10-6-8-12-18(15)33-21(20)24(25,26)27)16-13-28(23(30)32-4-2)17-11-7-5-9-14(16)17/h5-13,19H,3-4H2,1-2H3. The molecule has 0 aliphatic carbocycles. The predicted molar refractivity (Wildman–Crippen MR) is 113 cm³/mol. The van der Waals surface area contributed by atoms with Crippen LogP contribution in [0.1, 0.15) is 30.9 Å². The molecule has 6 nitrogen and oxygen atoms in total. The van der Waals surface area contributed by atoms with Crippen molar-refractivity contribution in [3.8, 4) is 5.75 Å². The molecule has 9 heteroatoms. The van der Waals surface area contributed by atoms with Gasteiger partial charge >= 0.3 is 18.2 Å². The number of hydrogen-bond acceptors (Lipinski definition) is 5. The number of ether oxygens (including phenoxy) is 3. The van der Waals surface area contributed by atoms with Gasteiger partial charge in [-0.3, -0.25) is 4.57 Å². The van der Waals surface area contributed by atoms with E-state index in [1.54, 1.807) is 49.4 Å². The van der Waals surface area contributed by atoms with E-state index in [9.17, 15) is 22.8 Å². The SMILES string of the molecule is CCOC(=O)C1=C(C(F)(F)F)Oc2ccccc2C1c1cn(C(=O)OCC)c2ccccc12. The summed E-state index contributed by atoms with van der Waals surface area (Å²) in [5.74, 6) is -3.79. The molecule has 3 aromatic rings. The van der Waals surface area contributed by atoms with Crippen molar-refractivity contribution >= 4 is 23.0 Å². The third kappa shape index (κ3) is 3.94. The van der Waals surface area contributed by atoms with Crippen molar-refractivity contribution in [3.05, 3.63) is 77.2 Å². The summed E-state index contributed by atoms with van der Waals surface area (Å²) in [5, 5.41) is 0.496. The Morgan fingerprint density at radius 1 is 0.970 bits per heavy atom. The lowest BCUT2D eigenvalue weighted by Crippen LogP contribution is -2.30. The summed E-state index contributed by atoms with van der Waals surface area (Å²) in [6, 6.07) is 12.9. The van der Waals surface area contributed by atoms with Crippen molar-refractivity contribution in [3.63, 3.8) is 0 Å². The van der Waals surface area contributed by atoms with E-state index >= 15 is 0 Å². The highest BCUT2D eigenvalue weighted by Gasteiger charge is 2.48. The van der Waals surface area contributed by atoms with Gasteiger partial charge in [0.1, 0.15) is 5.75 Å². The zero-order valence-corrected chi connectivity index (χ0v) is 17.8. The summed E-state index contributed by atoms with van der Waals surface area (Å²) in [4.78, 5) is 25.4. The van der Waals surface area contributed by atoms with Crippen molar-refractivity contribution in [1.82, 2.24) is 4.57 Å². The molecule has 1 atom stereocenters. The first kappa shape index (κ1) is 22.4. The maximum Gasteiger partial charge on any atom is 0.450 e. The lowest BCUT2D eigenvalue weighted by molar-refractivity contribution is -0.143. The highest BCUT2D eigenvalue weighted by Crippen LogP contribution is 2.49. The third-order valence-electron chi connectivity index (χ3n) is 5.25. The molecule has 0 saturated heterocycles. The van der Waals surface area contributed by atoms with Gasteiger partial charge in [-0.2, -0.15) is 13.2 Å².